The Kier molecular flexibility index (Phi) is 5.81. The third-order valence-electron chi connectivity index (χ3n) is 4.95. The second-order valence-corrected chi connectivity index (χ2v) is 6.52. The summed E-state index contributed by atoms with van der Waals surface area (Å²) in [5.74, 6) is -0.229. The molecule has 24 heavy (non-hydrogen) atoms. The van der Waals surface area contributed by atoms with Crippen LogP contribution in [0.5, 0.6) is 0 Å². The Morgan fingerprint density at radius 2 is 2.12 bits per heavy atom. The van der Waals surface area contributed by atoms with Gasteiger partial charge in [-0.1, -0.05) is 12.1 Å². The van der Waals surface area contributed by atoms with Gasteiger partial charge in [0.05, 0.1) is 13.2 Å². The molecule has 2 saturated heterocycles. The highest BCUT2D eigenvalue weighted by Crippen LogP contribution is 2.26. The van der Waals surface area contributed by atoms with Crippen molar-refractivity contribution < 1.29 is 13.9 Å². The molecule has 0 bridgehead atoms. The highest BCUT2D eigenvalue weighted by Gasteiger charge is 2.34. The fourth-order valence-electron chi connectivity index (χ4n) is 3.61. The summed E-state index contributed by atoms with van der Waals surface area (Å²) in [5.41, 5.74) is 0.730. The molecule has 1 aromatic carbocycles. The average molecular weight is 335 g/mol. The molecular formula is C18H26FN3O2. The van der Waals surface area contributed by atoms with E-state index >= 15 is 0 Å². The number of benzene rings is 1. The molecule has 1 N–H and O–H groups in total. The molecule has 2 aliphatic rings. The number of likely N-dealkylation sites (N-methyl/N-ethyl adjacent to an activating group) is 1. The van der Waals surface area contributed by atoms with E-state index in [2.05, 4.69) is 10.2 Å². The standard InChI is InChI=1S/C18H26FN3O2/c1-20-16-6-3-7-22(13-16)18(23)17(21-8-10-24-11-9-21)14-4-2-5-15(19)12-14/h2,4-5,12,16-17,20H,3,6-11,13H2,1H3/t16-,17-/m1/s1. The van der Waals surface area contributed by atoms with Gasteiger partial charge in [0.1, 0.15) is 11.9 Å². The number of amides is 1. The molecule has 2 atom stereocenters. The number of carbonyl (C=O) groups excluding carboxylic acids is 1. The SMILES string of the molecule is CN[C@@H]1CCCN(C(=O)[C@@H](c2cccc(F)c2)N2CCOCC2)C1. The van der Waals surface area contributed by atoms with E-state index < -0.39 is 6.04 Å². The zero-order valence-electron chi connectivity index (χ0n) is 14.2. The molecule has 2 heterocycles. The molecule has 1 aromatic rings. The Morgan fingerprint density at radius 1 is 1.33 bits per heavy atom. The first-order valence-electron chi connectivity index (χ1n) is 8.72. The molecule has 132 valence electrons. The van der Waals surface area contributed by atoms with Crippen molar-refractivity contribution in [2.75, 3.05) is 46.4 Å². The van der Waals surface area contributed by atoms with E-state index in [1.807, 2.05) is 18.0 Å². The first kappa shape index (κ1) is 17.3. The number of piperidine rings is 1. The van der Waals surface area contributed by atoms with Crippen LogP contribution in [-0.2, 0) is 9.53 Å². The first-order chi connectivity index (χ1) is 11.7. The minimum Gasteiger partial charge on any atom is -0.379 e. The summed E-state index contributed by atoms with van der Waals surface area (Å²) in [7, 11) is 1.94. The number of carbonyl (C=O) groups is 1. The van der Waals surface area contributed by atoms with E-state index in [4.69, 9.17) is 4.74 Å². The topological polar surface area (TPSA) is 44.8 Å². The number of rotatable bonds is 4. The van der Waals surface area contributed by atoms with Crippen molar-refractivity contribution in [1.29, 1.82) is 0 Å². The Bertz CT molecular complexity index is 563. The van der Waals surface area contributed by atoms with Gasteiger partial charge in [0.2, 0.25) is 5.91 Å². The van der Waals surface area contributed by atoms with E-state index in [0.717, 1.165) is 24.9 Å². The third kappa shape index (κ3) is 3.94. The summed E-state index contributed by atoms with van der Waals surface area (Å²) in [4.78, 5) is 17.3. The van der Waals surface area contributed by atoms with E-state index in [9.17, 15) is 9.18 Å². The fraction of sp³-hybridized carbons (Fsp3) is 0.611. The van der Waals surface area contributed by atoms with Crippen molar-refractivity contribution in [2.45, 2.75) is 24.9 Å². The van der Waals surface area contributed by atoms with Gasteiger partial charge in [-0.3, -0.25) is 9.69 Å². The number of nitrogens with zero attached hydrogens (tertiary/aromatic N) is 2. The van der Waals surface area contributed by atoms with Crippen LogP contribution in [-0.4, -0.2) is 68.2 Å². The van der Waals surface area contributed by atoms with Gasteiger partial charge in [-0.25, -0.2) is 4.39 Å². The Morgan fingerprint density at radius 3 is 2.83 bits per heavy atom. The summed E-state index contributed by atoms with van der Waals surface area (Å²) in [5, 5.41) is 3.27. The summed E-state index contributed by atoms with van der Waals surface area (Å²) < 4.78 is 19.2. The van der Waals surface area contributed by atoms with Gasteiger partial charge in [0.15, 0.2) is 0 Å². The maximum atomic E-state index is 13.7. The summed E-state index contributed by atoms with van der Waals surface area (Å²) in [6.07, 6.45) is 2.08. The molecule has 6 heteroatoms. The molecule has 2 fully saturated rings. The quantitative estimate of drug-likeness (QED) is 0.904. The zero-order valence-corrected chi connectivity index (χ0v) is 14.2. The molecule has 2 aliphatic heterocycles. The van der Waals surface area contributed by atoms with Crippen LogP contribution in [0.2, 0.25) is 0 Å². The normalized spacial score (nSPS) is 23.9. The minimum absolute atomic E-state index is 0.0717. The van der Waals surface area contributed by atoms with Crippen LogP contribution in [0.4, 0.5) is 4.39 Å². The van der Waals surface area contributed by atoms with Crippen molar-refractivity contribution in [3.63, 3.8) is 0 Å². The average Bonchev–Trinajstić information content (AvgIpc) is 2.63. The predicted molar refractivity (Wildman–Crippen MR) is 90.2 cm³/mol. The van der Waals surface area contributed by atoms with E-state index in [1.54, 1.807) is 6.07 Å². The molecule has 1 amide bonds. The van der Waals surface area contributed by atoms with Crippen LogP contribution in [0.1, 0.15) is 24.4 Å². The number of likely N-dealkylation sites (tertiary alicyclic amines) is 1. The molecule has 5 nitrogen and oxygen atoms in total. The van der Waals surface area contributed by atoms with Crippen molar-refractivity contribution in [2.24, 2.45) is 0 Å². The van der Waals surface area contributed by atoms with Gasteiger partial charge >= 0.3 is 0 Å². The second-order valence-electron chi connectivity index (χ2n) is 6.52. The number of hydrogen-bond donors (Lipinski definition) is 1. The van der Waals surface area contributed by atoms with Crippen LogP contribution >= 0.6 is 0 Å². The van der Waals surface area contributed by atoms with Gasteiger partial charge in [-0.15, -0.1) is 0 Å². The van der Waals surface area contributed by atoms with Crippen LogP contribution in [0.15, 0.2) is 24.3 Å². The van der Waals surface area contributed by atoms with Gasteiger partial charge in [-0.05, 0) is 37.6 Å². The van der Waals surface area contributed by atoms with E-state index in [0.29, 0.717) is 38.9 Å². The van der Waals surface area contributed by atoms with Crippen molar-refractivity contribution in [1.82, 2.24) is 15.1 Å². The zero-order chi connectivity index (χ0) is 16.9. The lowest BCUT2D eigenvalue weighted by Gasteiger charge is -2.39. The molecular weight excluding hydrogens is 309 g/mol. The molecule has 0 aromatic heterocycles. The minimum atomic E-state index is -0.430. The van der Waals surface area contributed by atoms with Crippen molar-refractivity contribution in [3.05, 3.63) is 35.6 Å². The summed E-state index contributed by atoms with van der Waals surface area (Å²) in [6, 6.07) is 6.33. The van der Waals surface area contributed by atoms with Gasteiger partial charge in [0, 0.05) is 32.2 Å². The lowest BCUT2D eigenvalue weighted by molar-refractivity contribution is -0.140. The number of halogens is 1. The van der Waals surface area contributed by atoms with Crippen molar-refractivity contribution >= 4 is 5.91 Å². The number of ether oxygens (including phenoxy) is 1. The number of nitrogens with one attached hydrogen (secondary N) is 1. The fourth-order valence-corrected chi connectivity index (χ4v) is 3.61. The maximum Gasteiger partial charge on any atom is 0.244 e. The van der Waals surface area contributed by atoms with Gasteiger partial charge in [0.25, 0.3) is 0 Å². The second kappa shape index (κ2) is 8.05. The van der Waals surface area contributed by atoms with E-state index in [1.165, 1.54) is 12.1 Å². The first-order valence-corrected chi connectivity index (χ1v) is 8.72. The summed E-state index contributed by atoms with van der Waals surface area (Å²) in [6.45, 7) is 4.08. The molecule has 0 saturated carbocycles. The number of morpholine rings is 1. The Balaban J connectivity index is 1.84. The van der Waals surface area contributed by atoms with Gasteiger partial charge < -0.3 is 15.0 Å². The molecule has 3 rings (SSSR count). The van der Waals surface area contributed by atoms with Crippen LogP contribution in [0.25, 0.3) is 0 Å². The largest absolute Gasteiger partial charge is 0.379 e. The molecule has 0 radical (unpaired) electrons. The number of hydrogen-bond acceptors (Lipinski definition) is 4. The summed E-state index contributed by atoms with van der Waals surface area (Å²) >= 11 is 0. The van der Waals surface area contributed by atoms with Crippen LogP contribution < -0.4 is 5.32 Å². The smallest absolute Gasteiger partial charge is 0.244 e. The lowest BCUT2D eigenvalue weighted by Crippen LogP contribution is -2.52. The van der Waals surface area contributed by atoms with Crippen LogP contribution in [0.3, 0.4) is 0 Å². The van der Waals surface area contributed by atoms with E-state index in [-0.39, 0.29) is 11.7 Å². The van der Waals surface area contributed by atoms with Gasteiger partial charge in [-0.2, -0.15) is 0 Å². The molecule has 0 spiro atoms. The Hall–Kier alpha value is -1.50. The van der Waals surface area contributed by atoms with Crippen LogP contribution in [0, 0.1) is 5.82 Å². The molecule has 0 unspecified atom stereocenters. The highest BCUT2D eigenvalue weighted by molar-refractivity contribution is 5.83. The molecule has 0 aliphatic carbocycles. The maximum absolute atomic E-state index is 13.7. The predicted octanol–water partition coefficient (Wildman–Crippen LogP) is 1.41. The van der Waals surface area contributed by atoms with Crippen molar-refractivity contribution in [3.8, 4) is 0 Å². The third-order valence-corrected chi connectivity index (χ3v) is 4.95. The lowest BCUT2D eigenvalue weighted by atomic mass is 10.00. The highest BCUT2D eigenvalue weighted by atomic mass is 19.1. The Labute approximate surface area is 142 Å². The monoisotopic (exact) mass is 335 g/mol.